The molecule has 0 spiro atoms. The summed E-state index contributed by atoms with van der Waals surface area (Å²) in [6.07, 6.45) is 4.59. The van der Waals surface area contributed by atoms with Gasteiger partial charge in [-0.3, -0.25) is 4.79 Å². The largest absolute Gasteiger partial charge is 0.497 e. The fourth-order valence-electron chi connectivity index (χ4n) is 2.01. The zero-order chi connectivity index (χ0) is 14.4. The average molecular weight is 273 g/mol. The van der Waals surface area contributed by atoms with Gasteiger partial charge in [-0.1, -0.05) is 19.1 Å². The Morgan fingerprint density at radius 2 is 2.15 bits per heavy atom. The van der Waals surface area contributed by atoms with Crippen molar-refractivity contribution in [1.29, 1.82) is 0 Å². The van der Waals surface area contributed by atoms with Gasteiger partial charge >= 0.3 is 0 Å². The maximum absolute atomic E-state index is 12.0. The van der Waals surface area contributed by atoms with Gasteiger partial charge < -0.3 is 15.0 Å². The van der Waals surface area contributed by atoms with Crippen molar-refractivity contribution in [2.24, 2.45) is 0 Å². The Bertz CT molecular complexity index is 535. The Morgan fingerprint density at radius 3 is 2.70 bits per heavy atom. The van der Waals surface area contributed by atoms with Crippen LogP contribution >= 0.6 is 0 Å². The number of hydrogen-bond donors (Lipinski definition) is 2. The highest BCUT2D eigenvalue weighted by atomic mass is 16.5. The van der Waals surface area contributed by atoms with Gasteiger partial charge in [0, 0.05) is 12.4 Å². The van der Waals surface area contributed by atoms with Crippen molar-refractivity contribution in [1.82, 2.24) is 15.3 Å². The monoisotopic (exact) mass is 273 g/mol. The van der Waals surface area contributed by atoms with E-state index in [1.807, 2.05) is 31.2 Å². The topological polar surface area (TPSA) is 67.0 Å². The first-order valence-electron chi connectivity index (χ1n) is 6.64. The Kier molecular flexibility index (Phi) is 4.76. The van der Waals surface area contributed by atoms with Crippen LogP contribution in [0.4, 0.5) is 0 Å². The molecule has 0 aliphatic rings. The first kappa shape index (κ1) is 14.1. The molecule has 0 saturated heterocycles. The predicted octanol–water partition coefficient (Wildman–Crippen LogP) is 2.23. The molecule has 0 aliphatic carbocycles. The molecule has 5 nitrogen and oxygen atoms in total. The number of rotatable bonds is 6. The molecule has 0 aliphatic heterocycles. The van der Waals surface area contributed by atoms with Crippen LogP contribution in [-0.4, -0.2) is 23.0 Å². The lowest BCUT2D eigenvalue weighted by Crippen LogP contribution is -2.30. The minimum Gasteiger partial charge on any atom is -0.497 e. The second-order valence-electron chi connectivity index (χ2n) is 4.53. The molecule has 1 unspecified atom stereocenters. The van der Waals surface area contributed by atoms with Gasteiger partial charge in [-0.25, -0.2) is 4.98 Å². The molecule has 1 aromatic heterocycles. The molecule has 5 heteroatoms. The maximum atomic E-state index is 12.0. The first-order chi connectivity index (χ1) is 9.72. The number of aromatic nitrogens is 2. The van der Waals surface area contributed by atoms with E-state index in [9.17, 15) is 4.79 Å². The second-order valence-corrected chi connectivity index (χ2v) is 4.53. The van der Waals surface area contributed by atoms with E-state index >= 15 is 0 Å². The van der Waals surface area contributed by atoms with Crippen LogP contribution in [0.2, 0.25) is 0 Å². The third-order valence-electron chi connectivity index (χ3n) is 3.12. The van der Waals surface area contributed by atoms with Crippen LogP contribution in [0.5, 0.6) is 5.75 Å². The number of ether oxygens (including phenoxy) is 1. The number of aromatic amines is 1. The molecule has 0 fully saturated rings. The number of nitrogens with zero attached hydrogens (tertiary/aromatic N) is 1. The van der Waals surface area contributed by atoms with Crippen LogP contribution in [0, 0.1) is 0 Å². The number of benzene rings is 1. The number of H-pyrrole nitrogens is 1. The van der Waals surface area contributed by atoms with Gasteiger partial charge in [0.25, 0.3) is 0 Å². The summed E-state index contributed by atoms with van der Waals surface area (Å²) in [5.41, 5.74) is 0.956. The number of carbonyl (C=O) groups excluding carboxylic acids is 1. The average Bonchev–Trinajstić information content (AvgIpc) is 2.99. The lowest BCUT2D eigenvalue weighted by molar-refractivity contribution is -0.121. The third-order valence-corrected chi connectivity index (χ3v) is 3.12. The van der Waals surface area contributed by atoms with Crippen molar-refractivity contribution >= 4 is 5.91 Å². The van der Waals surface area contributed by atoms with Crippen molar-refractivity contribution in [2.45, 2.75) is 25.8 Å². The predicted molar refractivity (Wildman–Crippen MR) is 76.5 cm³/mol. The number of carbonyl (C=O) groups is 1. The van der Waals surface area contributed by atoms with Gasteiger partial charge in [0.2, 0.25) is 5.91 Å². The van der Waals surface area contributed by atoms with E-state index in [1.54, 1.807) is 19.5 Å². The molecule has 1 heterocycles. The van der Waals surface area contributed by atoms with Crippen LogP contribution in [0.1, 0.15) is 30.8 Å². The normalized spacial score (nSPS) is 11.9. The van der Waals surface area contributed by atoms with Crippen molar-refractivity contribution < 1.29 is 9.53 Å². The Labute approximate surface area is 118 Å². The Balaban J connectivity index is 1.94. The van der Waals surface area contributed by atoms with Crippen LogP contribution in [0.3, 0.4) is 0 Å². The van der Waals surface area contributed by atoms with Gasteiger partial charge in [0.05, 0.1) is 19.6 Å². The van der Waals surface area contributed by atoms with Gasteiger partial charge in [-0.05, 0) is 24.1 Å². The molecule has 1 atom stereocenters. The summed E-state index contributed by atoms with van der Waals surface area (Å²) in [5, 5.41) is 2.98. The van der Waals surface area contributed by atoms with Crippen molar-refractivity contribution in [3.8, 4) is 5.75 Å². The van der Waals surface area contributed by atoms with E-state index in [1.165, 1.54) is 0 Å². The number of nitrogens with one attached hydrogen (secondary N) is 2. The summed E-state index contributed by atoms with van der Waals surface area (Å²) in [6, 6.07) is 7.42. The number of methoxy groups -OCH3 is 1. The quantitative estimate of drug-likeness (QED) is 0.848. The molecular weight excluding hydrogens is 254 g/mol. The van der Waals surface area contributed by atoms with Gasteiger partial charge in [0.1, 0.15) is 11.6 Å². The Morgan fingerprint density at radius 1 is 1.40 bits per heavy atom. The molecule has 0 bridgehead atoms. The molecule has 1 aromatic carbocycles. The van der Waals surface area contributed by atoms with E-state index in [2.05, 4.69) is 15.3 Å². The van der Waals surface area contributed by atoms with E-state index in [4.69, 9.17) is 4.74 Å². The van der Waals surface area contributed by atoms with Crippen molar-refractivity contribution in [3.63, 3.8) is 0 Å². The van der Waals surface area contributed by atoms with Crippen LogP contribution < -0.4 is 10.1 Å². The van der Waals surface area contributed by atoms with E-state index in [0.717, 1.165) is 23.6 Å². The Hall–Kier alpha value is -2.30. The van der Waals surface area contributed by atoms with E-state index in [0.29, 0.717) is 6.42 Å². The van der Waals surface area contributed by atoms with Gasteiger partial charge in [0.15, 0.2) is 0 Å². The highest BCUT2D eigenvalue weighted by molar-refractivity contribution is 5.78. The molecule has 2 rings (SSSR count). The summed E-state index contributed by atoms with van der Waals surface area (Å²) in [7, 11) is 1.62. The number of amides is 1. The molecule has 106 valence electrons. The molecule has 2 aromatic rings. The summed E-state index contributed by atoms with van der Waals surface area (Å²) in [4.78, 5) is 19.3. The fraction of sp³-hybridized carbons (Fsp3) is 0.333. The van der Waals surface area contributed by atoms with Crippen molar-refractivity contribution in [2.75, 3.05) is 7.11 Å². The molecule has 2 N–H and O–H groups in total. The standard InChI is InChI=1S/C15H19N3O2/c1-3-13(15-16-8-9-17-15)18-14(19)10-11-4-6-12(20-2)7-5-11/h4-9,13H,3,10H2,1-2H3,(H,16,17)(H,18,19). The second kappa shape index (κ2) is 6.75. The van der Waals surface area contributed by atoms with Gasteiger partial charge in [-0.2, -0.15) is 0 Å². The minimum atomic E-state index is -0.0734. The molecule has 0 saturated carbocycles. The summed E-state index contributed by atoms with van der Waals surface area (Å²) in [6.45, 7) is 2.01. The zero-order valence-corrected chi connectivity index (χ0v) is 11.7. The molecule has 20 heavy (non-hydrogen) atoms. The lowest BCUT2D eigenvalue weighted by atomic mass is 10.1. The lowest BCUT2D eigenvalue weighted by Gasteiger charge is -2.14. The number of hydrogen-bond acceptors (Lipinski definition) is 3. The summed E-state index contributed by atoms with van der Waals surface area (Å²) in [5.74, 6) is 1.56. The van der Waals surface area contributed by atoms with Crippen LogP contribution in [-0.2, 0) is 11.2 Å². The summed E-state index contributed by atoms with van der Waals surface area (Å²) < 4.78 is 5.09. The zero-order valence-electron chi connectivity index (χ0n) is 11.7. The summed E-state index contributed by atoms with van der Waals surface area (Å²) >= 11 is 0. The van der Waals surface area contributed by atoms with Crippen LogP contribution in [0.15, 0.2) is 36.7 Å². The highest BCUT2D eigenvalue weighted by Crippen LogP contribution is 2.14. The fourth-order valence-corrected chi connectivity index (χ4v) is 2.01. The first-order valence-corrected chi connectivity index (χ1v) is 6.64. The van der Waals surface area contributed by atoms with E-state index < -0.39 is 0 Å². The van der Waals surface area contributed by atoms with Gasteiger partial charge in [-0.15, -0.1) is 0 Å². The number of imidazole rings is 1. The van der Waals surface area contributed by atoms with Crippen molar-refractivity contribution in [3.05, 3.63) is 48.0 Å². The highest BCUT2D eigenvalue weighted by Gasteiger charge is 2.14. The maximum Gasteiger partial charge on any atom is 0.225 e. The molecule has 0 radical (unpaired) electrons. The minimum absolute atomic E-state index is 0.0154. The third kappa shape index (κ3) is 3.60. The smallest absolute Gasteiger partial charge is 0.225 e. The van der Waals surface area contributed by atoms with E-state index in [-0.39, 0.29) is 11.9 Å². The SMILES string of the molecule is CCC(NC(=O)Cc1ccc(OC)cc1)c1ncc[nH]1. The van der Waals surface area contributed by atoms with Crippen LogP contribution in [0.25, 0.3) is 0 Å². The molecule has 1 amide bonds. The molecular formula is C15H19N3O2.